The summed E-state index contributed by atoms with van der Waals surface area (Å²) in [6.45, 7) is 4.63. The lowest BCUT2D eigenvalue weighted by atomic mass is 10.1. The molecule has 0 aromatic carbocycles. The first-order valence-corrected chi connectivity index (χ1v) is 4.78. The van der Waals surface area contributed by atoms with Crippen molar-refractivity contribution in [2.24, 2.45) is 5.73 Å². The molecular weight excluding hydrogens is 168 g/mol. The van der Waals surface area contributed by atoms with E-state index in [0.717, 1.165) is 19.4 Å². The lowest BCUT2D eigenvalue weighted by Gasteiger charge is -2.22. The maximum absolute atomic E-state index is 10.8. The van der Waals surface area contributed by atoms with Crippen molar-refractivity contribution in [1.29, 1.82) is 0 Å². The van der Waals surface area contributed by atoms with E-state index in [9.17, 15) is 4.79 Å². The van der Waals surface area contributed by atoms with Crippen molar-refractivity contribution in [2.45, 2.75) is 44.9 Å². The van der Waals surface area contributed by atoms with E-state index in [1.54, 1.807) is 6.92 Å². The monoisotopic (exact) mass is 186 g/mol. The highest BCUT2D eigenvalue weighted by molar-refractivity contribution is 5.79. The number of rotatable bonds is 4. The largest absolute Gasteiger partial charge is 0.377 e. The van der Waals surface area contributed by atoms with Gasteiger partial charge < -0.3 is 15.8 Å². The van der Waals surface area contributed by atoms with Crippen molar-refractivity contribution >= 4 is 5.91 Å². The highest BCUT2D eigenvalue weighted by Gasteiger charge is 2.24. The predicted octanol–water partition coefficient (Wildman–Crippen LogP) is 0.0173. The molecule has 3 unspecified atom stereocenters. The predicted molar refractivity (Wildman–Crippen MR) is 50.2 cm³/mol. The molecule has 4 nitrogen and oxygen atoms in total. The summed E-state index contributed by atoms with van der Waals surface area (Å²) >= 11 is 0. The summed E-state index contributed by atoms with van der Waals surface area (Å²) in [6, 6.07) is -0.0794. The first kappa shape index (κ1) is 10.5. The molecule has 1 aliphatic heterocycles. The van der Waals surface area contributed by atoms with Gasteiger partial charge in [0.15, 0.2) is 0 Å². The van der Waals surface area contributed by atoms with E-state index in [-0.39, 0.29) is 24.1 Å². The molecule has 76 valence electrons. The summed E-state index contributed by atoms with van der Waals surface area (Å²) in [6.07, 6.45) is 2.42. The van der Waals surface area contributed by atoms with Crippen LogP contribution >= 0.6 is 0 Å². The smallest absolute Gasteiger partial charge is 0.234 e. The van der Waals surface area contributed by atoms with Gasteiger partial charge in [-0.2, -0.15) is 0 Å². The maximum atomic E-state index is 10.8. The highest BCUT2D eigenvalue weighted by Crippen LogP contribution is 2.15. The molecule has 1 rings (SSSR count). The molecule has 0 spiro atoms. The zero-order valence-electron chi connectivity index (χ0n) is 8.25. The second-order valence-electron chi connectivity index (χ2n) is 3.63. The molecule has 1 fully saturated rings. The van der Waals surface area contributed by atoms with Gasteiger partial charge in [0.2, 0.25) is 5.91 Å². The minimum absolute atomic E-state index is 0.199. The van der Waals surface area contributed by atoms with Crippen LogP contribution in [0.15, 0.2) is 0 Å². The Kier molecular flexibility index (Phi) is 3.69. The minimum Gasteiger partial charge on any atom is -0.377 e. The van der Waals surface area contributed by atoms with Crippen LogP contribution < -0.4 is 11.1 Å². The number of carbonyl (C=O) groups excluding carboxylic acids is 1. The fourth-order valence-corrected chi connectivity index (χ4v) is 1.58. The first-order chi connectivity index (χ1) is 6.11. The molecule has 13 heavy (non-hydrogen) atoms. The third-order valence-corrected chi connectivity index (χ3v) is 2.46. The van der Waals surface area contributed by atoms with Gasteiger partial charge in [-0.25, -0.2) is 0 Å². The topological polar surface area (TPSA) is 64.3 Å². The number of nitrogens with two attached hydrogens (primary N) is 1. The molecule has 0 aliphatic carbocycles. The normalized spacial score (nSPS) is 27.1. The summed E-state index contributed by atoms with van der Waals surface area (Å²) in [5.74, 6) is -0.315. The van der Waals surface area contributed by atoms with Crippen LogP contribution in [-0.4, -0.2) is 30.7 Å². The summed E-state index contributed by atoms with van der Waals surface area (Å²) in [4.78, 5) is 10.8. The third-order valence-electron chi connectivity index (χ3n) is 2.46. The van der Waals surface area contributed by atoms with Crippen LogP contribution in [0.2, 0.25) is 0 Å². The standard InChI is InChI=1S/C9H18N2O2/c1-6(8-4-3-5-13-8)11-7(2)9(10)12/h6-8,11H,3-5H2,1-2H3,(H2,10,12). The van der Waals surface area contributed by atoms with E-state index in [1.165, 1.54) is 0 Å². The van der Waals surface area contributed by atoms with Gasteiger partial charge in [-0.05, 0) is 26.7 Å². The zero-order valence-corrected chi connectivity index (χ0v) is 8.25. The molecule has 0 radical (unpaired) electrons. The molecule has 1 amide bonds. The second-order valence-corrected chi connectivity index (χ2v) is 3.63. The third kappa shape index (κ3) is 2.97. The molecule has 3 N–H and O–H groups in total. The Balaban J connectivity index is 2.30. The Bertz CT molecular complexity index is 178. The minimum atomic E-state index is -0.315. The van der Waals surface area contributed by atoms with Gasteiger partial charge in [-0.3, -0.25) is 4.79 Å². The molecule has 4 heteroatoms. The van der Waals surface area contributed by atoms with Crippen molar-refractivity contribution < 1.29 is 9.53 Å². The molecule has 1 aliphatic rings. The van der Waals surface area contributed by atoms with Crippen LogP contribution in [0.4, 0.5) is 0 Å². The quantitative estimate of drug-likeness (QED) is 0.650. The average molecular weight is 186 g/mol. The number of nitrogens with one attached hydrogen (secondary N) is 1. The maximum Gasteiger partial charge on any atom is 0.234 e. The van der Waals surface area contributed by atoms with Crippen LogP contribution in [0.1, 0.15) is 26.7 Å². The van der Waals surface area contributed by atoms with E-state index in [2.05, 4.69) is 5.32 Å². The Hall–Kier alpha value is -0.610. The Morgan fingerprint density at radius 2 is 2.31 bits per heavy atom. The second kappa shape index (κ2) is 4.58. The first-order valence-electron chi connectivity index (χ1n) is 4.78. The van der Waals surface area contributed by atoms with Gasteiger partial charge in [0.1, 0.15) is 0 Å². The van der Waals surface area contributed by atoms with E-state index in [0.29, 0.717) is 0 Å². The average Bonchev–Trinajstić information content (AvgIpc) is 2.55. The number of hydrogen-bond donors (Lipinski definition) is 2. The van der Waals surface area contributed by atoms with Gasteiger partial charge >= 0.3 is 0 Å². The van der Waals surface area contributed by atoms with E-state index in [4.69, 9.17) is 10.5 Å². The SMILES string of the molecule is CC(NC(C)C1CCCO1)C(N)=O. The van der Waals surface area contributed by atoms with Crippen molar-refractivity contribution in [2.75, 3.05) is 6.61 Å². The molecular formula is C9H18N2O2. The number of carbonyl (C=O) groups is 1. The zero-order chi connectivity index (χ0) is 9.84. The number of ether oxygens (including phenoxy) is 1. The summed E-state index contributed by atoms with van der Waals surface area (Å²) < 4.78 is 5.48. The molecule has 1 saturated heterocycles. The van der Waals surface area contributed by atoms with Gasteiger partial charge in [-0.1, -0.05) is 0 Å². The van der Waals surface area contributed by atoms with E-state index >= 15 is 0 Å². The highest BCUT2D eigenvalue weighted by atomic mass is 16.5. The van der Waals surface area contributed by atoms with Crippen molar-refractivity contribution in [3.05, 3.63) is 0 Å². The molecule has 0 saturated carbocycles. The fraction of sp³-hybridized carbons (Fsp3) is 0.889. The number of amides is 1. The van der Waals surface area contributed by atoms with Crippen molar-refractivity contribution in [1.82, 2.24) is 5.32 Å². The Morgan fingerprint density at radius 1 is 1.62 bits per heavy atom. The van der Waals surface area contributed by atoms with Gasteiger partial charge in [0, 0.05) is 12.6 Å². The van der Waals surface area contributed by atoms with Gasteiger partial charge in [0.05, 0.1) is 12.1 Å². The lowest BCUT2D eigenvalue weighted by Crippen LogP contribution is -2.47. The number of hydrogen-bond acceptors (Lipinski definition) is 3. The van der Waals surface area contributed by atoms with Crippen LogP contribution in [0.3, 0.4) is 0 Å². The molecule has 0 bridgehead atoms. The molecule has 1 heterocycles. The van der Waals surface area contributed by atoms with Gasteiger partial charge in [-0.15, -0.1) is 0 Å². The summed E-state index contributed by atoms with van der Waals surface area (Å²) in [5.41, 5.74) is 5.14. The van der Waals surface area contributed by atoms with Crippen molar-refractivity contribution in [3.8, 4) is 0 Å². The van der Waals surface area contributed by atoms with Gasteiger partial charge in [0.25, 0.3) is 0 Å². The molecule has 3 atom stereocenters. The van der Waals surface area contributed by atoms with Crippen LogP contribution in [0, 0.1) is 0 Å². The summed E-state index contributed by atoms with van der Waals surface area (Å²) in [7, 11) is 0. The molecule has 0 aromatic heterocycles. The fourth-order valence-electron chi connectivity index (χ4n) is 1.58. The summed E-state index contributed by atoms with van der Waals surface area (Å²) in [5, 5.41) is 3.12. The van der Waals surface area contributed by atoms with Crippen molar-refractivity contribution in [3.63, 3.8) is 0 Å². The van der Waals surface area contributed by atoms with E-state index in [1.807, 2.05) is 6.92 Å². The van der Waals surface area contributed by atoms with Crippen LogP contribution in [0.5, 0.6) is 0 Å². The van der Waals surface area contributed by atoms with Crippen LogP contribution in [-0.2, 0) is 9.53 Å². The van der Waals surface area contributed by atoms with Crippen LogP contribution in [0.25, 0.3) is 0 Å². The lowest BCUT2D eigenvalue weighted by molar-refractivity contribution is -0.120. The Labute approximate surface area is 78.8 Å². The number of primary amides is 1. The Morgan fingerprint density at radius 3 is 2.77 bits per heavy atom. The molecule has 0 aromatic rings. The van der Waals surface area contributed by atoms with E-state index < -0.39 is 0 Å².